The van der Waals surface area contributed by atoms with Crippen molar-refractivity contribution in [3.8, 4) is 5.82 Å². The van der Waals surface area contributed by atoms with Gasteiger partial charge in [-0.25, -0.2) is 18.4 Å². The molecule has 0 atom stereocenters. The fourth-order valence-corrected chi connectivity index (χ4v) is 2.77. The fourth-order valence-electron chi connectivity index (χ4n) is 2.77. The van der Waals surface area contributed by atoms with Crippen LogP contribution in [0.1, 0.15) is 22.5 Å². The number of nitrogens with zero attached hydrogens (tertiary/aromatic N) is 4. The second-order valence-electron chi connectivity index (χ2n) is 6.38. The maximum Gasteiger partial charge on any atom is 0.191 e. The Hall–Kier alpha value is -3.29. The fraction of sp³-hybridized carbons (Fsp3) is 0.250. The summed E-state index contributed by atoms with van der Waals surface area (Å²) < 4.78 is 28.7. The number of guanidine groups is 1. The molecule has 0 spiro atoms. The highest BCUT2D eigenvalue weighted by molar-refractivity contribution is 5.79. The van der Waals surface area contributed by atoms with Crippen molar-refractivity contribution in [1.82, 2.24) is 25.4 Å². The van der Waals surface area contributed by atoms with E-state index in [-0.39, 0.29) is 12.1 Å². The van der Waals surface area contributed by atoms with E-state index in [9.17, 15) is 8.78 Å². The summed E-state index contributed by atoms with van der Waals surface area (Å²) >= 11 is 0. The van der Waals surface area contributed by atoms with Crippen LogP contribution >= 0.6 is 0 Å². The van der Waals surface area contributed by atoms with Gasteiger partial charge in [0.2, 0.25) is 0 Å². The predicted octanol–water partition coefficient (Wildman–Crippen LogP) is 3.03. The smallest absolute Gasteiger partial charge is 0.191 e. The number of rotatable bonds is 5. The Kier molecular flexibility index (Phi) is 5.98. The van der Waals surface area contributed by atoms with Crippen LogP contribution in [0, 0.1) is 25.5 Å². The molecule has 0 fully saturated rings. The molecule has 146 valence electrons. The molecule has 0 amide bonds. The summed E-state index contributed by atoms with van der Waals surface area (Å²) in [4.78, 5) is 8.54. The number of halogens is 2. The van der Waals surface area contributed by atoms with Crippen molar-refractivity contribution in [1.29, 1.82) is 0 Å². The largest absolute Gasteiger partial charge is 0.352 e. The number of hydrogen-bond donors (Lipinski definition) is 2. The van der Waals surface area contributed by atoms with Crippen LogP contribution in [0.4, 0.5) is 8.78 Å². The van der Waals surface area contributed by atoms with Crippen molar-refractivity contribution >= 4 is 5.96 Å². The maximum atomic E-state index is 13.7. The second-order valence-corrected chi connectivity index (χ2v) is 6.38. The zero-order valence-corrected chi connectivity index (χ0v) is 16.0. The highest BCUT2D eigenvalue weighted by Gasteiger charge is 2.07. The van der Waals surface area contributed by atoms with Crippen molar-refractivity contribution in [2.24, 2.45) is 4.99 Å². The molecule has 3 aromatic rings. The molecule has 0 radical (unpaired) electrons. The first-order chi connectivity index (χ1) is 13.5. The van der Waals surface area contributed by atoms with Gasteiger partial charge in [-0.2, -0.15) is 5.10 Å². The van der Waals surface area contributed by atoms with Crippen LogP contribution in [0.5, 0.6) is 0 Å². The molecule has 1 aromatic carbocycles. The molecule has 0 aliphatic carbocycles. The summed E-state index contributed by atoms with van der Waals surface area (Å²) in [5, 5.41) is 10.5. The summed E-state index contributed by atoms with van der Waals surface area (Å²) in [5.74, 6) is 0.285. The van der Waals surface area contributed by atoms with E-state index in [4.69, 9.17) is 0 Å². The number of aryl methyl sites for hydroxylation is 2. The minimum absolute atomic E-state index is 0.123. The quantitative estimate of drug-likeness (QED) is 0.524. The monoisotopic (exact) mass is 384 g/mol. The van der Waals surface area contributed by atoms with Crippen LogP contribution in [0.15, 0.2) is 47.6 Å². The molecular weight excluding hydrogens is 362 g/mol. The zero-order chi connectivity index (χ0) is 20.1. The van der Waals surface area contributed by atoms with Crippen LogP contribution < -0.4 is 10.6 Å². The molecule has 8 heteroatoms. The third-order valence-corrected chi connectivity index (χ3v) is 4.17. The normalized spacial score (nSPS) is 11.5. The third-order valence-electron chi connectivity index (χ3n) is 4.17. The number of aliphatic imine (C=N–C) groups is 1. The molecule has 0 bridgehead atoms. The number of nitrogens with one attached hydrogen (secondary N) is 2. The van der Waals surface area contributed by atoms with Gasteiger partial charge in [0.25, 0.3) is 0 Å². The van der Waals surface area contributed by atoms with Gasteiger partial charge in [0.05, 0.1) is 5.69 Å². The Balaban J connectivity index is 1.58. The summed E-state index contributed by atoms with van der Waals surface area (Å²) in [7, 11) is 1.61. The van der Waals surface area contributed by atoms with E-state index in [2.05, 4.69) is 25.7 Å². The lowest BCUT2D eigenvalue weighted by molar-refractivity contribution is 0.581. The van der Waals surface area contributed by atoms with Gasteiger partial charge in [-0.1, -0.05) is 6.07 Å². The summed E-state index contributed by atoms with van der Waals surface area (Å²) in [6.45, 7) is 4.53. The molecule has 0 aliphatic heterocycles. The van der Waals surface area contributed by atoms with E-state index in [0.29, 0.717) is 12.5 Å². The Morgan fingerprint density at radius 3 is 2.50 bits per heavy atom. The SMILES string of the molecule is CN=C(NCc1ccc(-n2nc(C)cc2C)nc1)NCc1cc(F)ccc1F. The van der Waals surface area contributed by atoms with E-state index in [0.717, 1.165) is 41.0 Å². The molecule has 0 aliphatic rings. The Labute approximate surface area is 162 Å². The lowest BCUT2D eigenvalue weighted by Gasteiger charge is -2.13. The van der Waals surface area contributed by atoms with Gasteiger partial charge in [-0.15, -0.1) is 0 Å². The summed E-state index contributed by atoms with van der Waals surface area (Å²) in [5.41, 5.74) is 3.14. The van der Waals surface area contributed by atoms with Crippen LogP contribution in [0.3, 0.4) is 0 Å². The number of hydrogen-bond acceptors (Lipinski definition) is 3. The molecule has 0 saturated heterocycles. The first-order valence-corrected chi connectivity index (χ1v) is 8.83. The van der Waals surface area contributed by atoms with Gasteiger partial charge in [-0.3, -0.25) is 4.99 Å². The topological polar surface area (TPSA) is 67.1 Å². The van der Waals surface area contributed by atoms with Crippen LogP contribution in [0.2, 0.25) is 0 Å². The molecule has 2 N–H and O–H groups in total. The first-order valence-electron chi connectivity index (χ1n) is 8.83. The van der Waals surface area contributed by atoms with E-state index >= 15 is 0 Å². The minimum atomic E-state index is -0.477. The van der Waals surface area contributed by atoms with E-state index in [1.165, 1.54) is 0 Å². The number of benzene rings is 1. The molecule has 0 unspecified atom stereocenters. The molecule has 0 saturated carbocycles. The van der Waals surface area contributed by atoms with E-state index < -0.39 is 11.6 Å². The molecule has 2 aromatic heterocycles. The highest BCUT2D eigenvalue weighted by atomic mass is 19.1. The van der Waals surface area contributed by atoms with Crippen molar-refractivity contribution in [2.45, 2.75) is 26.9 Å². The van der Waals surface area contributed by atoms with Gasteiger partial charge < -0.3 is 10.6 Å². The highest BCUT2D eigenvalue weighted by Crippen LogP contribution is 2.11. The summed E-state index contributed by atoms with van der Waals surface area (Å²) in [6, 6.07) is 9.21. The van der Waals surface area contributed by atoms with Crippen molar-refractivity contribution in [3.63, 3.8) is 0 Å². The standard InChI is InChI=1S/C20H22F2N6/c1-13-8-14(2)28(27-13)19-7-4-15(10-24-19)11-25-20(23-3)26-12-16-9-17(21)5-6-18(16)22/h4-10H,11-12H2,1-3H3,(H2,23,25,26). The second kappa shape index (κ2) is 8.60. The van der Waals surface area contributed by atoms with Crippen molar-refractivity contribution < 1.29 is 8.78 Å². The van der Waals surface area contributed by atoms with E-state index in [1.54, 1.807) is 17.9 Å². The van der Waals surface area contributed by atoms with Crippen molar-refractivity contribution in [3.05, 3.63) is 76.7 Å². The Morgan fingerprint density at radius 1 is 1.07 bits per heavy atom. The third kappa shape index (κ3) is 4.70. The van der Waals surface area contributed by atoms with Crippen LogP contribution in [-0.2, 0) is 13.1 Å². The number of pyridine rings is 1. The van der Waals surface area contributed by atoms with Gasteiger partial charge in [0, 0.05) is 37.6 Å². The van der Waals surface area contributed by atoms with Crippen molar-refractivity contribution in [2.75, 3.05) is 7.05 Å². The average Bonchev–Trinajstić information content (AvgIpc) is 3.03. The Morgan fingerprint density at radius 2 is 1.86 bits per heavy atom. The average molecular weight is 384 g/mol. The molecule has 6 nitrogen and oxygen atoms in total. The summed E-state index contributed by atoms with van der Waals surface area (Å²) in [6.07, 6.45) is 1.76. The molecule has 28 heavy (non-hydrogen) atoms. The number of aromatic nitrogens is 3. The minimum Gasteiger partial charge on any atom is -0.352 e. The van der Waals surface area contributed by atoms with Gasteiger partial charge in [-0.05, 0) is 49.7 Å². The van der Waals surface area contributed by atoms with E-state index in [1.807, 2.05) is 32.0 Å². The molecular formula is C20H22F2N6. The first kappa shape index (κ1) is 19.5. The van der Waals surface area contributed by atoms with Crippen LogP contribution in [-0.4, -0.2) is 27.8 Å². The molecule has 3 rings (SSSR count). The van der Waals surface area contributed by atoms with Gasteiger partial charge >= 0.3 is 0 Å². The predicted molar refractivity (Wildman–Crippen MR) is 104 cm³/mol. The van der Waals surface area contributed by atoms with Gasteiger partial charge in [0.15, 0.2) is 11.8 Å². The van der Waals surface area contributed by atoms with Gasteiger partial charge in [0.1, 0.15) is 11.6 Å². The Bertz CT molecular complexity index is 979. The maximum absolute atomic E-state index is 13.7. The van der Waals surface area contributed by atoms with Crippen LogP contribution in [0.25, 0.3) is 5.82 Å². The zero-order valence-electron chi connectivity index (χ0n) is 16.0. The molecule has 2 heterocycles. The lowest BCUT2D eigenvalue weighted by Crippen LogP contribution is -2.36. The lowest BCUT2D eigenvalue weighted by atomic mass is 10.2.